The van der Waals surface area contributed by atoms with Crippen LogP contribution in [0.2, 0.25) is 0 Å². The average molecular weight is 245 g/mol. The van der Waals surface area contributed by atoms with Gasteiger partial charge in [0.2, 0.25) is 0 Å². The lowest BCUT2D eigenvalue weighted by atomic mass is 10.1. The summed E-state index contributed by atoms with van der Waals surface area (Å²) in [4.78, 5) is 4.54. The molecule has 0 fully saturated rings. The summed E-state index contributed by atoms with van der Waals surface area (Å²) in [7, 11) is 0. The van der Waals surface area contributed by atoms with Gasteiger partial charge in [-0.15, -0.1) is 0 Å². The van der Waals surface area contributed by atoms with E-state index in [1.165, 1.54) is 42.5 Å². The standard InChI is InChI=1S/C15H19NS/c1-2-3-4-5-6-15-8-7-13(11-16-15)14-9-10-17-12-14/h7-12H,2-6H2,1H3. The van der Waals surface area contributed by atoms with Gasteiger partial charge in [0.15, 0.2) is 0 Å². The van der Waals surface area contributed by atoms with Gasteiger partial charge in [-0.25, -0.2) is 0 Å². The van der Waals surface area contributed by atoms with Crippen molar-refractivity contribution in [2.45, 2.75) is 39.0 Å². The molecule has 0 spiro atoms. The van der Waals surface area contributed by atoms with E-state index in [4.69, 9.17) is 0 Å². The fourth-order valence-electron chi connectivity index (χ4n) is 1.90. The van der Waals surface area contributed by atoms with Crippen molar-refractivity contribution in [3.63, 3.8) is 0 Å². The van der Waals surface area contributed by atoms with E-state index in [1.807, 2.05) is 6.20 Å². The normalized spacial score (nSPS) is 10.6. The number of pyridine rings is 1. The molecule has 90 valence electrons. The Morgan fingerprint density at radius 1 is 1.06 bits per heavy atom. The lowest BCUT2D eigenvalue weighted by molar-refractivity contribution is 0.661. The van der Waals surface area contributed by atoms with Crippen molar-refractivity contribution in [2.24, 2.45) is 0 Å². The quantitative estimate of drug-likeness (QED) is 0.657. The molecular weight excluding hydrogens is 226 g/mol. The second-order valence-electron chi connectivity index (χ2n) is 4.36. The molecule has 0 radical (unpaired) electrons. The molecule has 0 amide bonds. The average Bonchev–Trinajstić information content (AvgIpc) is 2.89. The molecule has 0 atom stereocenters. The van der Waals surface area contributed by atoms with Gasteiger partial charge in [0.05, 0.1) is 0 Å². The van der Waals surface area contributed by atoms with Crippen LogP contribution >= 0.6 is 11.3 Å². The Labute approximate surface area is 108 Å². The highest BCUT2D eigenvalue weighted by atomic mass is 32.1. The zero-order chi connectivity index (χ0) is 11.9. The first kappa shape index (κ1) is 12.3. The maximum atomic E-state index is 4.54. The summed E-state index contributed by atoms with van der Waals surface area (Å²) < 4.78 is 0. The van der Waals surface area contributed by atoms with Gasteiger partial charge >= 0.3 is 0 Å². The summed E-state index contributed by atoms with van der Waals surface area (Å²) in [6.45, 7) is 2.24. The molecule has 0 aliphatic carbocycles. The van der Waals surface area contributed by atoms with Gasteiger partial charge in [0.25, 0.3) is 0 Å². The van der Waals surface area contributed by atoms with E-state index in [0.29, 0.717) is 0 Å². The molecule has 2 aromatic rings. The minimum atomic E-state index is 1.11. The molecule has 2 heteroatoms. The van der Waals surface area contributed by atoms with Gasteiger partial charge in [-0.05, 0) is 41.3 Å². The third-order valence-electron chi connectivity index (χ3n) is 2.97. The molecule has 2 heterocycles. The smallest absolute Gasteiger partial charge is 0.0404 e. The number of rotatable bonds is 6. The van der Waals surface area contributed by atoms with Crippen LogP contribution in [0, 0.1) is 0 Å². The Bertz CT molecular complexity index is 417. The number of nitrogens with zero attached hydrogens (tertiary/aromatic N) is 1. The Morgan fingerprint density at radius 3 is 2.65 bits per heavy atom. The zero-order valence-corrected chi connectivity index (χ0v) is 11.2. The Kier molecular flexibility index (Phi) is 4.75. The van der Waals surface area contributed by atoms with Crippen molar-refractivity contribution in [2.75, 3.05) is 0 Å². The van der Waals surface area contributed by atoms with Gasteiger partial charge in [-0.3, -0.25) is 4.98 Å². The molecule has 0 unspecified atom stereocenters. The van der Waals surface area contributed by atoms with E-state index in [9.17, 15) is 0 Å². The predicted molar refractivity (Wildman–Crippen MR) is 75.4 cm³/mol. The number of hydrogen-bond acceptors (Lipinski definition) is 2. The van der Waals surface area contributed by atoms with Gasteiger partial charge in [-0.2, -0.15) is 11.3 Å². The Morgan fingerprint density at radius 2 is 2.00 bits per heavy atom. The van der Waals surface area contributed by atoms with Crippen LogP contribution in [-0.4, -0.2) is 4.98 Å². The lowest BCUT2D eigenvalue weighted by Crippen LogP contribution is -1.90. The van der Waals surface area contributed by atoms with Gasteiger partial charge < -0.3 is 0 Å². The number of thiophene rings is 1. The number of aromatic nitrogens is 1. The predicted octanol–water partition coefficient (Wildman–Crippen LogP) is 4.93. The summed E-state index contributed by atoms with van der Waals surface area (Å²) in [6.07, 6.45) is 8.34. The number of aryl methyl sites for hydroxylation is 1. The highest BCUT2D eigenvalue weighted by molar-refractivity contribution is 7.08. The van der Waals surface area contributed by atoms with E-state index >= 15 is 0 Å². The van der Waals surface area contributed by atoms with E-state index in [2.05, 4.69) is 40.9 Å². The van der Waals surface area contributed by atoms with Crippen LogP contribution in [0.5, 0.6) is 0 Å². The first-order valence-corrected chi connectivity index (χ1v) is 7.32. The van der Waals surface area contributed by atoms with Crippen molar-refractivity contribution in [1.82, 2.24) is 4.98 Å². The molecule has 2 aromatic heterocycles. The third-order valence-corrected chi connectivity index (χ3v) is 3.65. The highest BCUT2D eigenvalue weighted by Gasteiger charge is 1.99. The van der Waals surface area contributed by atoms with Crippen molar-refractivity contribution in [1.29, 1.82) is 0 Å². The summed E-state index contributed by atoms with van der Waals surface area (Å²) in [5, 5.41) is 4.27. The van der Waals surface area contributed by atoms with Crippen LogP contribution in [0.4, 0.5) is 0 Å². The SMILES string of the molecule is CCCCCCc1ccc(-c2ccsc2)cn1. The van der Waals surface area contributed by atoms with E-state index in [0.717, 1.165) is 6.42 Å². The van der Waals surface area contributed by atoms with E-state index in [1.54, 1.807) is 11.3 Å². The molecule has 2 rings (SSSR count). The van der Waals surface area contributed by atoms with Crippen LogP contribution in [0.1, 0.15) is 38.3 Å². The zero-order valence-electron chi connectivity index (χ0n) is 10.4. The van der Waals surface area contributed by atoms with Crippen LogP contribution in [-0.2, 0) is 6.42 Å². The summed E-state index contributed by atoms with van der Waals surface area (Å²) >= 11 is 1.73. The highest BCUT2D eigenvalue weighted by Crippen LogP contribution is 2.21. The van der Waals surface area contributed by atoms with Crippen molar-refractivity contribution in [3.8, 4) is 11.1 Å². The van der Waals surface area contributed by atoms with E-state index in [-0.39, 0.29) is 0 Å². The van der Waals surface area contributed by atoms with Crippen LogP contribution in [0.25, 0.3) is 11.1 Å². The molecule has 0 bridgehead atoms. The summed E-state index contributed by atoms with van der Waals surface area (Å²) in [6, 6.07) is 6.49. The van der Waals surface area contributed by atoms with Crippen molar-refractivity contribution >= 4 is 11.3 Å². The molecular formula is C15H19NS. The molecule has 0 aliphatic rings. The third kappa shape index (κ3) is 3.67. The second kappa shape index (κ2) is 6.55. The van der Waals surface area contributed by atoms with Crippen LogP contribution in [0.3, 0.4) is 0 Å². The van der Waals surface area contributed by atoms with E-state index < -0.39 is 0 Å². The molecule has 0 N–H and O–H groups in total. The van der Waals surface area contributed by atoms with Crippen molar-refractivity contribution in [3.05, 3.63) is 40.8 Å². The molecule has 0 aromatic carbocycles. The molecule has 0 aliphatic heterocycles. The monoisotopic (exact) mass is 245 g/mol. The maximum Gasteiger partial charge on any atom is 0.0404 e. The molecule has 17 heavy (non-hydrogen) atoms. The van der Waals surface area contributed by atoms with Crippen molar-refractivity contribution < 1.29 is 0 Å². The Balaban J connectivity index is 1.90. The maximum absolute atomic E-state index is 4.54. The first-order valence-electron chi connectivity index (χ1n) is 6.37. The minimum absolute atomic E-state index is 1.11. The van der Waals surface area contributed by atoms with Gasteiger partial charge in [-0.1, -0.05) is 32.3 Å². The fourth-order valence-corrected chi connectivity index (χ4v) is 2.57. The fraction of sp³-hybridized carbons (Fsp3) is 0.400. The summed E-state index contributed by atoms with van der Waals surface area (Å²) in [5.74, 6) is 0. The molecule has 0 saturated heterocycles. The van der Waals surface area contributed by atoms with Gasteiger partial charge in [0.1, 0.15) is 0 Å². The molecule has 0 saturated carbocycles. The molecule has 1 nitrogen and oxygen atoms in total. The first-order chi connectivity index (χ1) is 8.40. The number of unbranched alkanes of at least 4 members (excludes halogenated alkanes) is 3. The largest absolute Gasteiger partial charge is 0.261 e. The van der Waals surface area contributed by atoms with Gasteiger partial charge in [0, 0.05) is 17.5 Å². The van der Waals surface area contributed by atoms with Crippen LogP contribution < -0.4 is 0 Å². The number of hydrogen-bond donors (Lipinski definition) is 0. The lowest BCUT2D eigenvalue weighted by Gasteiger charge is -2.02. The summed E-state index contributed by atoms with van der Waals surface area (Å²) in [5.41, 5.74) is 3.73. The minimum Gasteiger partial charge on any atom is -0.261 e. The topological polar surface area (TPSA) is 12.9 Å². The second-order valence-corrected chi connectivity index (χ2v) is 5.14. The van der Waals surface area contributed by atoms with Crippen LogP contribution in [0.15, 0.2) is 35.2 Å². The Hall–Kier alpha value is -1.15.